The molecule has 2 atom stereocenters. The largest absolute Gasteiger partial charge is 0.353 e. The predicted molar refractivity (Wildman–Crippen MR) is 53.9 cm³/mol. The fraction of sp³-hybridized carbons (Fsp3) is 0.750. The Labute approximate surface area is 88.3 Å². The highest BCUT2D eigenvalue weighted by atomic mass is 32.2. The Morgan fingerprint density at radius 2 is 2.00 bits per heavy atom. The molecule has 2 N–H and O–H groups in total. The fourth-order valence-corrected chi connectivity index (χ4v) is 3.42. The molecule has 15 heavy (non-hydrogen) atoms. The van der Waals surface area contributed by atoms with E-state index in [2.05, 4.69) is 10.6 Å². The lowest BCUT2D eigenvalue weighted by Crippen LogP contribution is -2.48. The van der Waals surface area contributed by atoms with Gasteiger partial charge >= 0.3 is 0 Å². The van der Waals surface area contributed by atoms with Gasteiger partial charge in [-0.2, -0.15) is 0 Å². The normalized spacial score (nSPS) is 28.3. The van der Waals surface area contributed by atoms with Crippen molar-refractivity contribution in [1.29, 1.82) is 0 Å². The second-order valence-corrected chi connectivity index (χ2v) is 5.65. The van der Waals surface area contributed by atoms with Crippen LogP contribution < -0.4 is 10.6 Å². The van der Waals surface area contributed by atoms with Gasteiger partial charge in [0.05, 0.1) is 23.6 Å². The van der Waals surface area contributed by atoms with Gasteiger partial charge in [0.25, 0.3) is 0 Å². The molecule has 1 saturated heterocycles. The van der Waals surface area contributed by atoms with Crippen LogP contribution >= 0.6 is 0 Å². The minimum atomic E-state index is -3.16. The minimum absolute atomic E-state index is 0.107. The van der Waals surface area contributed by atoms with Crippen LogP contribution in [0.2, 0.25) is 0 Å². The lowest BCUT2D eigenvalue weighted by atomic mass is 10.1. The van der Waals surface area contributed by atoms with Gasteiger partial charge in [-0.25, -0.2) is 8.42 Å². The van der Waals surface area contributed by atoms with E-state index in [0.717, 1.165) is 0 Å². The summed E-state index contributed by atoms with van der Waals surface area (Å²) in [6, 6.07) is -1.02. The summed E-state index contributed by atoms with van der Waals surface area (Å²) in [5, 5.41) is 4.98. The molecule has 86 valence electrons. The maximum absolute atomic E-state index is 11.3. The molecule has 2 amide bonds. The van der Waals surface area contributed by atoms with Crippen molar-refractivity contribution in [3.05, 3.63) is 0 Å². The van der Waals surface area contributed by atoms with Crippen LogP contribution in [-0.2, 0) is 19.4 Å². The first-order chi connectivity index (χ1) is 6.98. The van der Waals surface area contributed by atoms with E-state index in [4.69, 9.17) is 0 Å². The molecule has 1 aliphatic heterocycles. The van der Waals surface area contributed by atoms with Crippen LogP contribution in [0.4, 0.5) is 0 Å². The van der Waals surface area contributed by atoms with E-state index < -0.39 is 21.9 Å². The molecule has 7 heteroatoms. The highest BCUT2D eigenvalue weighted by molar-refractivity contribution is 7.91. The van der Waals surface area contributed by atoms with Crippen LogP contribution in [0.25, 0.3) is 0 Å². The van der Waals surface area contributed by atoms with Gasteiger partial charge in [-0.1, -0.05) is 6.92 Å². The van der Waals surface area contributed by atoms with Crippen LogP contribution in [-0.4, -0.2) is 44.3 Å². The first-order valence-corrected chi connectivity index (χ1v) is 6.50. The van der Waals surface area contributed by atoms with E-state index in [1.807, 2.05) is 0 Å². The zero-order chi connectivity index (χ0) is 11.5. The Kier molecular flexibility index (Phi) is 3.67. The molecule has 0 aliphatic carbocycles. The molecular formula is C8H14N2O4S. The quantitative estimate of drug-likeness (QED) is 0.574. The Bertz CT molecular complexity index is 352. The summed E-state index contributed by atoms with van der Waals surface area (Å²) < 4.78 is 22.6. The number of hydrogen-bond acceptors (Lipinski definition) is 4. The first kappa shape index (κ1) is 12.0. The predicted octanol–water partition coefficient (Wildman–Crippen LogP) is -1.58. The van der Waals surface area contributed by atoms with Crippen molar-refractivity contribution in [2.75, 3.05) is 11.5 Å². The summed E-state index contributed by atoms with van der Waals surface area (Å²) in [7, 11) is -3.16. The molecule has 0 bridgehead atoms. The number of nitrogens with one attached hydrogen (secondary N) is 2. The standard InChI is InChI=1S/C8H14N2O4S/c1-2-8(12)10-7-4-15(13,14)3-6(7)9-5-11/h5-7H,2-4H2,1H3,(H,9,11)(H,10,12)/t6-,7-/m1/s1. The van der Waals surface area contributed by atoms with Gasteiger partial charge in [0, 0.05) is 6.42 Å². The van der Waals surface area contributed by atoms with E-state index in [1.54, 1.807) is 6.92 Å². The zero-order valence-corrected chi connectivity index (χ0v) is 9.21. The molecule has 0 spiro atoms. The van der Waals surface area contributed by atoms with Crippen molar-refractivity contribution >= 4 is 22.2 Å². The van der Waals surface area contributed by atoms with E-state index in [0.29, 0.717) is 12.8 Å². The maximum atomic E-state index is 11.3. The van der Waals surface area contributed by atoms with Crippen molar-refractivity contribution in [3.8, 4) is 0 Å². The third-order valence-corrected chi connectivity index (χ3v) is 4.04. The van der Waals surface area contributed by atoms with Crippen LogP contribution in [0.1, 0.15) is 13.3 Å². The third kappa shape index (κ3) is 3.19. The molecule has 0 aromatic carbocycles. The van der Waals surface area contributed by atoms with Crippen molar-refractivity contribution in [2.24, 2.45) is 0 Å². The van der Waals surface area contributed by atoms with Crippen molar-refractivity contribution in [1.82, 2.24) is 10.6 Å². The molecule has 0 unspecified atom stereocenters. The fourth-order valence-electron chi connectivity index (χ4n) is 1.55. The lowest BCUT2D eigenvalue weighted by Gasteiger charge is -2.17. The van der Waals surface area contributed by atoms with Gasteiger partial charge in [0.1, 0.15) is 0 Å². The highest BCUT2D eigenvalue weighted by Gasteiger charge is 2.37. The van der Waals surface area contributed by atoms with Gasteiger partial charge < -0.3 is 10.6 Å². The second-order valence-electron chi connectivity index (χ2n) is 3.50. The van der Waals surface area contributed by atoms with E-state index in [-0.39, 0.29) is 17.4 Å². The van der Waals surface area contributed by atoms with Gasteiger partial charge in [0.15, 0.2) is 9.84 Å². The molecule has 0 aromatic rings. The summed E-state index contributed by atoms with van der Waals surface area (Å²) in [5.41, 5.74) is 0. The molecule has 0 saturated carbocycles. The smallest absolute Gasteiger partial charge is 0.220 e. The molecule has 1 heterocycles. The van der Waals surface area contributed by atoms with Crippen molar-refractivity contribution < 1.29 is 18.0 Å². The third-order valence-electron chi connectivity index (χ3n) is 2.30. The molecular weight excluding hydrogens is 220 g/mol. The number of carbonyl (C=O) groups excluding carboxylic acids is 2. The number of rotatable bonds is 4. The van der Waals surface area contributed by atoms with Crippen LogP contribution in [0.5, 0.6) is 0 Å². The summed E-state index contributed by atoms with van der Waals surface area (Å²) in [5.74, 6) is -0.431. The number of amides is 2. The van der Waals surface area contributed by atoms with Gasteiger partial charge in [-0.3, -0.25) is 9.59 Å². The molecule has 1 aliphatic rings. The maximum Gasteiger partial charge on any atom is 0.220 e. The molecule has 0 aromatic heterocycles. The van der Waals surface area contributed by atoms with Crippen molar-refractivity contribution in [3.63, 3.8) is 0 Å². The molecule has 6 nitrogen and oxygen atoms in total. The Morgan fingerprint density at radius 3 is 2.53 bits per heavy atom. The summed E-state index contributed by atoms with van der Waals surface area (Å²) in [6.07, 6.45) is 0.751. The van der Waals surface area contributed by atoms with Gasteiger partial charge in [0.2, 0.25) is 12.3 Å². The summed E-state index contributed by atoms with van der Waals surface area (Å²) in [6.45, 7) is 1.68. The average Bonchev–Trinajstić information content (AvgIpc) is 2.41. The summed E-state index contributed by atoms with van der Waals surface area (Å²) >= 11 is 0. The van der Waals surface area contributed by atoms with Gasteiger partial charge in [-0.15, -0.1) is 0 Å². The Morgan fingerprint density at radius 1 is 1.40 bits per heavy atom. The van der Waals surface area contributed by atoms with Crippen LogP contribution in [0.3, 0.4) is 0 Å². The van der Waals surface area contributed by atoms with Gasteiger partial charge in [-0.05, 0) is 0 Å². The average molecular weight is 234 g/mol. The van der Waals surface area contributed by atoms with E-state index >= 15 is 0 Å². The molecule has 1 fully saturated rings. The van der Waals surface area contributed by atoms with Crippen molar-refractivity contribution in [2.45, 2.75) is 25.4 Å². The SMILES string of the molecule is CCC(=O)N[C@@H]1CS(=O)(=O)C[C@H]1NC=O. The number of hydrogen-bond donors (Lipinski definition) is 2. The van der Waals surface area contributed by atoms with E-state index in [9.17, 15) is 18.0 Å². The Hall–Kier alpha value is -1.11. The van der Waals surface area contributed by atoms with Crippen LogP contribution in [0.15, 0.2) is 0 Å². The Balaban J connectivity index is 2.68. The first-order valence-electron chi connectivity index (χ1n) is 4.68. The highest BCUT2D eigenvalue weighted by Crippen LogP contribution is 2.12. The molecule has 0 radical (unpaired) electrons. The lowest BCUT2D eigenvalue weighted by molar-refractivity contribution is -0.121. The number of sulfone groups is 1. The summed E-state index contributed by atoms with van der Waals surface area (Å²) in [4.78, 5) is 21.4. The zero-order valence-electron chi connectivity index (χ0n) is 8.39. The van der Waals surface area contributed by atoms with E-state index in [1.165, 1.54) is 0 Å². The minimum Gasteiger partial charge on any atom is -0.353 e. The topological polar surface area (TPSA) is 92.3 Å². The van der Waals surface area contributed by atoms with Crippen LogP contribution in [0, 0.1) is 0 Å². The molecule has 1 rings (SSSR count). The monoisotopic (exact) mass is 234 g/mol. The number of carbonyl (C=O) groups is 2. The second kappa shape index (κ2) is 4.61.